The molecule has 0 fully saturated rings. The number of hydrogen-bond acceptors (Lipinski definition) is 4. The van der Waals surface area contributed by atoms with Crippen molar-refractivity contribution in [2.75, 3.05) is 0 Å². The number of hydrogen-bond donors (Lipinski definition) is 3. The van der Waals surface area contributed by atoms with Gasteiger partial charge in [-0.3, -0.25) is 10.2 Å². The molecule has 4 rings (SSSR count). The van der Waals surface area contributed by atoms with Gasteiger partial charge in [0.15, 0.2) is 0 Å². The van der Waals surface area contributed by atoms with Crippen molar-refractivity contribution < 1.29 is 14.3 Å². The van der Waals surface area contributed by atoms with Crippen molar-refractivity contribution in [2.45, 2.75) is 25.3 Å². The van der Waals surface area contributed by atoms with E-state index in [4.69, 9.17) is 5.41 Å². The van der Waals surface area contributed by atoms with Crippen molar-refractivity contribution in [3.63, 3.8) is 0 Å². The third kappa shape index (κ3) is 3.15. The lowest BCUT2D eigenvalue weighted by Crippen LogP contribution is -2.36. The smallest absolute Gasteiger partial charge is 0.270 e. The van der Waals surface area contributed by atoms with Crippen LogP contribution < -0.4 is 5.32 Å². The number of phenols is 1. The molecule has 0 aliphatic heterocycles. The van der Waals surface area contributed by atoms with Gasteiger partial charge in [0.05, 0.1) is 12.2 Å². The van der Waals surface area contributed by atoms with E-state index >= 15 is 0 Å². The number of rotatable bonds is 4. The molecule has 6 nitrogen and oxygen atoms in total. The minimum absolute atomic E-state index is 0.112. The van der Waals surface area contributed by atoms with Crippen LogP contribution in [0.1, 0.15) is 35.7 Å². The van der Waals surface area contributed by atoms with Crippen LogP contribution in [-0.2, 0) is 11.2 Å². The summed E-state index contributed by atoms with van der Waals surface area (Å²) in [6, 6.07) is 12.4. The quantitative estimate of drug-likeness (QED) is 0.609. The van der Waals surface area contributed by atoms with Gasteiger partial charge < -0.3 is 10.4 Å². The van der Waals surface area contributed by atoms with E-state index in [9.17, 15) is 14.3 Å². The fourth-order valence-electron chi connectivity index (χ4n) is 3.58. The summed E-state index contributed by atoms with van der Waals surface area (Å²) in [4.78, 5) is 12.6. The summed E-state index contributed by atoms with van der Waals surface area (Å²) in [5.41, 5.74) is 1.94. The van der Waals surface area contributed by atoms with E-state index in [2.05, 4.69) is 10.4 Å². The maximum absolute atomic E-state index is 14.2. The van der Waals surface area contributed by atoms with E-state index in [1.165, 1.54) is 18.2 Å². The highest BCUT2D eigenvalue weighted by atomic mass is 19.1. The summed E-state index contributed by atoms with van der Waals surface area (Å²) in [5.74, 6) is -1.04. The Balaban J connectivity index is 1.59. The number of phenolic OH excluding ortho intramolecular Hbond substituents is 1. The normalized spacial score (nSPS) is 15.7. The van der Waals surface area contributed by atoms with E-state index in [1.807, 2.05) is 0 Å². The fourth-order valence-corrected chi connectivity index (χ4v) is 3.58. The molecule has 142 valence electrons. The molecule has 1 aromatic heterocycles. The van der Waals surface area contributed by atoms with E-state index < -0.39 is 5.91 Å². The molecule has 0 spiro atoms. The predicted molar refractivity (Wildman–Crippen MR) is 102 cm³/mol. The zero-order valence-corrected chi connectivity index (χ0v) is 15.0. The maximum Gasteiger partial charge on any atom is 0.270 e. The third-order valence-electron chi connectivity index (χ3n) is 4.97. The van der Waals surface area contributed by atoms with E-state index in [0.717, 1.165) is 24.1 Å². The Bertz CT molecular complexity index is 1060. The van der Waals surface area contributed by atoms with Gasteiger partial charge in [-0.1, -0.05) is 24.3 Å². The van der Waals surface area contributed by atoms with Crippen molar-refractivity contribution in [1.82, 2.24) is 15.1 Å². The Morgan fingerprint density at radius 1 is 1.21 bits per heavy atom. The lowest BCUT2D eigenvalue weighted by atomic mass is 9.92. The number of benzene rings is 2. The summed E-state index contributed by atoms with van der Waals surface area (Å²) in [5, 5.41) is 25.2. The van der Waals surface area contributed by atoms with Crippen molar-refractivity contribution in [2.24, 2.45) is 0 Å². The number of nitrogens with zero attached hydrogens (tertiary/aromatic N) is 2. The highest BCUT2D eigenvalue weighted by Crippen LogP contribution is 2.31. The Kier molecular flexibility index (Phi) is 4.65. The molecule has 3 N–H and O–H groups in total. The third-order valence-corrected chi connectivity index (χ3v) is 4.97. The van der Waals surface area contributed by atoms with E-state index in [0.29, 0.717) is 12.1 Å². The molecule has 28 heavy (non-hydrogen) atoms. The number of para-hydroxylation sites is 2. The van der Waals surface area contributed by atoms with Crippen LogP contribution in [0.3, 0.4) is 0 Å². The van der Waals surface area contributed by atoms with Crippen LogP contribution in [0.15, 0.2) is 54.7 Å². The topological polar surface area (TPSA) is 91.0 Å². The van der Waals surface area contributed by atoms with Gasteiger partial charge in [0.1, 0.15) is 23.0 Å². The van der Waals surface area contributed by atoms with E-state index in [-0.39, 0.29) is 28.9 Å². The summed E-state index contributed by atoms with van der Waals surface area (Å²) in [7, 11) is 0. The lowest BCUT2D eigenvalue weighted by molar-refractivity contribution is -0.115. The Morgan fingerprint density at radius 3 is 2.75 bits per heavy atom. The summed E-state index contributed by atoms with van der Waals surface area (Å²) < 4.78 is 15.8. The van der Waals surface area contributed by atoms with Gasteiger partial charge in [0.25, 0.3) is 5.91 Å². The molecule has 1 heterocycles. The monoisotopic (exact) mass is 378 g/mol. The molecular weight excluding hydrogens is 359 g/mol. The van der Waals surface area contributed by atoms with Gasteiger partial charge in [-0.15, -0.1) is 0 Å². The second-order valence-electron chi connectivity index (χ2n) is 6.72. The van der Waals surface area contributed by atoms with Crippen LogP contribution in [0.5, 0.6) is 5.75 Å². The maximum atomic E-state index is 14.2. The van der Waals surface area contributed by atoms with E-state index in [1.54, 1.807) is 41.2 Å². The standard InChI is InChI=1S/C21H19FN4O2/c22-15-7-2-3-9-18(15)26-17-10-5-8-16(14(17)12-24-26)25-21(28)20(23)13-6-1-4-11-19(13)27/h1-4,6-7,9,11-12,16,23,27H,5,8,10H2,(H,25,28)/t16-/m1/s1. The molecule has 0 bridgehead atoms. The first-order valence-electron chi connectivity index (χ1n) is 9.05. The lowest BCUT2D eigenvalue weighted by Gasteiger charge is -2.24. The van der Waals surface area contributed by atoms with Gasteiger partial charge >= 0.3 is 0 Å². The zero-order chi connectivity index (χ0) is 19.7. The number of halogens is 1. The number of nitrogens with one attached hydrogen (secondary N) is 2. The second-order valence-corrected chi connectivity index (χ2v) is 6.72. The van der Waals surface area contributed by atoms with Crippen LogP contribution in [0.4, 0.5) is 4.39 Å². The van der Waals surface area contributed by atoms with Crippen LogP contribution in [0.25, 0.3) is 5.69 Å². The zero-order valence-electron chi connectivity index (χ0n) is 15.0. The molecular formula is C21H19FN4O2. The van der Waals surface area contributed by atoms with Gasteiger partial charge in [-0.25, -0.2) is 9.07 Å². The molecule has 3 aromatic rings. The number of aromatic nitrogens is 2. The first-order chi connectivity index (χ1) is 13.6. The molecule has 2 aromatic carbocycles. The number of fused-ring (bicyclic) bond motifs is 1. The molecule has 0 saturated heterocycles. The number of aromatic hydroxyl groups is 1. The highest BCUT2D eigenvalue weighted by molar-refractivity contribution is 6.44. The van der Waals surface area contributed by atoms with Crippen molar-refractivity contribution in [1.29, 1.82) is 5.41 Å². The first kappa shape index (κ1) is 17.9. The highest BCUT2D eigenvalue weighted by Gasteiger charge is 2.28. The van der Waals surface area contributed by atoms with Gasteiger partial charge in [0.2, 0.25) is 0 Å². The van der Waals surface area contributed by atoms with Crippen LogP contribution in [-0.4, -0.2) is 26.5 Å². The van der Waals surface area contributed by atoms with Crippen molar-refractivity contribution in [3.8, 4) is 11.4 Å². The Morgan fingerprint density at radius 2 is 1.96 bits per heavy atom. The number of carbonyl (C=O) groups is 1. The van der Waals surface area contributed by atoms with Gasteiger partial charge in [0, 0.05) is 16.8 Å². The number of amides is 1. The summed E-state index contributed by atoms with van der Waals surface area (Å²) in [6.45, 7) is 0. The molecule has 1 amide bonds. The first-order valence-corrected chi connectivity index (χ1v) is 9.05. The Hall–Kier alpha value is -3.48. The molecule has 0 unspecified atom stereocenters. The van der Waals surface area contributed by atoms with Crippen LogP contribution >= 0.6 is 0 Å². The Labute approximate surface area is 161 Å². The van der Waals surface area contributed by atoms with Gasteiger partial charge in [-0.05, 0) is 43.5 Å². The van der Waals surface area contributed by atoms with Crippen molar-refractivity contribution >= 4 is 11.6 Å². The van der Waals surface area contributed by atoms with Crippen LogP contribution in [0.2, 0.25) is 0 Å². The second kappa shape index (κ2) is 7.26. The molecule has 0 saturated carbocycles. The summed E-state index contributed by atoms with van der Waals surface area (Å²) in [6.07, 6.45) is 3.89. The fraction of sp³-hybridized carbons (Fsp3) is 0.190. The average Bonchev–Trinajstić information content (AvgIpc) is 3.13. The average molecular weight is 378 g/mol. The largest absolute Gasteiger partial charge is 0.507 e. The molecule has 1 atom stereocenters. The van der Waals surface area contributed by atoms with Crippen LogP contribution in [0, 0.1) is 11.2 Å². The van der Waals surface area contributed by atoms with Crippen molar-refractivity contribution in [3.05, 3.63) is 77.4 Å². The summed E-state index contributed by atoms with van der Waals surface area (Å²) >= 11 is 0. The number of carbonyl (C=O) groups excluding carboxylic acids is 1. The SMILES string of the molecule is N=C(C(=O)N[C@@H]1CCCc2c1cnn2-c1ccccc1F)c1ccccc1O. The van der Waals surface area contributed by atoms with Gasteiger partial charge in [-0.2, -0.15) is 5.10 Å². The predicted octanol–water partition coefficient (Wildman–Crippen LogP) is 3.28. The molecule has 0 radical (unpaired) electrons. The molecule has 1 aliphatic rings. The molecule has 1 aliphatic carbocycles. The minimum Gasteiger partial charge on any atom is -0.507 e. The minimum atomic E-state index is -0.571. The molecule has 7 heteroatoms.